The molecule has 11 heteroatoms. The van der Waals surface area contributed by atoms with Gasteiger partial charge in [-0.2, -0.15) is 5.26 Å². The van der Waals surface area contributed by atoms with Crippen LogP contribution in [0.5, 0.6) is 0 Å². The fraction of sp³-hybridized carbons (Fsp3) is 0.269. The zero-order valence-corrected chi connectivity index (χ0v) is 20.3. The van der Waals surface area contributed by atoms with Crippen LogP contribution >= 0.6 is 0 Å². The fourth-order valence-corrected chi connectivity index (χ4v) is 4.51. The zero-order chi connectivity index (χ0) is 26.1. The van der Waals surface area contributed by atoms with Gasteiger partial charge in [-0.25, -0.2) is 23.7 Å². The van der Waals surface area contributed by atoms with Gasteiger partial charge in [-0.3, -0.25) is 4.79 Å². The Bertz CT molecular complexity index is 1590. The normalized spacial score (nSPS) is 13.7. The van der Waals surface area contributed by atoms with Gasteiger partial charge in [0.15, 0.2) is 11.6 Å². The van der Waals surface area contributed by atoms with Crippen molar-refractivity contribution >= 4 is 28.4 Å². The van der Waals surface area contributed by atoms with Crippen molar-refractivity contribution in [2.24, 2.45) is 0 Å². The second kappa shape index (κ2) is 9.91. The summed E-state index contributed by atoms with van der Waals surface area (Å²) < 4.78 is 31.2. The van der Waals surface area contributed by atoms with Crippen LogP contribution in [-0.4, -0.2) is 45.7 Å². The van der Waals surface area contributed by atoms with Crippen LogP contribution in [-0.2, 0) is 0 Å². The molecule has 1 fully saturated rings. The summed E-state index contributed by atoms with van der Waals surface area (Å²) in [4.78, 5) is 26.7. The molecule has 0 bridgehead atoms. The highest BCUT2D eigenvalue weighted by atomic mass is 19.1. The summed E-state index contributed by atoms with van der Waals surface area (Å²) in [5.74, 6) is -1.38. The molecule has 0 unspecified atom stereocenters. The molecule has 1 saturated heterocycles. The van der Waals surface area contributed by atoms with E-state index in [2.05, 4.69) is 36.6 Å². The number of fused-ring (bicyclic) bond motifs is 1. The third kappa shape index (κ3) is 4.71. The van der Waals surface area contributed by atoms with Crippen molar-refractivity contribution in [3.8, 4) is 17.3 Å². The predicted octanol–water partition coefficient (Wildman–Crippen LogP) is 3.74. The highest BCUT2D eigenvalue weighted by molar-refractivity contribution is 5.82. The lowest BCUT2D eigenvalue weighted by Gasteiger charge is -2.30. The molecule has 4 aromatic rings. The third-order valence-electron chi connectivity index (χ3n) is 6.21. The number of hydrogen-bond acceptors (Lipinski definition) is 8. The Kier molecular flexibility index (Phi) is 6.50. The van der Waals surface area contributed by atoms with Crippen molar-refractivity contribution in [1.82, 2.24) is 24.8 Å². The van der Waals surface area contributed by atoms with E-state index in [1.54, 1.807) is 26.0 Å². The number of aromatic nitrogens is 4. The van der Waals surface area contributed by atoms with Gasteiger partial charge in [-0.05, 0) is 44.2 Å². The van der Waals surface area contributed by atoms with Gasteiger partial charge in [0.1, 0.15) is 17.3 Å². The molecule has 1 aliphatic heterocycles. The first-order valence-electron chi connectivity index (χ1n) is 11.9. The Morgan fingerprint density at radius 3 is 2.59 bits per heavy atom. The van der Waals surface area contributed by atoms with Crippen molar-refractivity contribution in [3.63, 3.8) is 0 Å². The first-order valence-corrected chi connectivity index (χ1v) is 11.9. The van der Waals surface area contributed by atoms with Gasteiger partial charge >= 0.3 is 0 Å². The maximum absolute atomic E-state index is 15.0. The molecule has 0 spiro atoms. The summed E-state index contributed by atoms with van der Waals surface area (Å²) in [5, 5.41) is 16.0. The van der Waals surface area contributed by atoms with E-state index in [-0.39, 0.29) is 39.8 Å². The SMILES string of the molecule is CC(C)n1c(=O)cnc2c(F)cc(-c3nc(Nc4ccc(N5CCNCC5)c(C#N)c4)ncc3F)cc21. The minimum atomic E-state index is -0.751. The molecule has 1 aliphatic rings. The summed E-state index contributed by atoms with van der Waals surface area (Å²) in [7, 11) is 0. The van der Waals surface area contributed by atoms with Crippen LogP contribution in [0.1, 0.15) is 25.5 Å². The number of nitriles is 1. The van der Waals surface area contributed by atoms with E-state index in [0.29, 0.717) is 11.3 Å². The molecule has 9 nitrogen and oxygen atoms in total. The highest BCUT2D eigenvalue weighted by Crippen LogP contribution is 2.29. The van der Waals surface area contributed by atoms with E-state index in [4.69, 9.17) is 0 Å². The van der Waals surface area contributed by atoms with E-state index in [9.17, 15) is 18.8 Å². The van der Waals surface area contributed by atoms with Crippen LogP contribution in [0.25, 0.3) is 22.3 Å². The van der Waals surface area contributed by atoms with Gasteiger partial charge < -0.3 is 20.1 Å². The van der Waals surface area contributed by atoms with E-state index < -0.39 is 11.6 Å². The maximum atomic E-state index is 15.0. The summed E-state index contributed by atoms with van der Waals surface area (Å²) >= 11 is 0. The summed E-state index contributed by atoms with van der Waals surface area (Å²) in [6, 6.07) is 9.94. The van der Waals surface area contributed by atoms with Gasteiger partial charge in [-0.1, -0.05) is 0 Å². The van der Waals surface area contributed by atoms with Crippen molar-refractivity contribution in [1.29, 1.82) is 5.26 Å². The molecule has 188 valence electrons. The lowest BCUT2D eigenvalue weighted by molar-refractivity contribution is 0.589. The number of halogens is 2. The summed E-state index contributed by atoms with van der Waals surface area (Å²) in [5.41, 5.74) is 1.75. The van der Waals surface area contributed by atoms with E-state index >= 15 is 0 Å². The minimum absolute atomic E-state index is 0.0125. The molecule has 0 radical (unpaired) electrons. The van der Waals surface area contributed by atoms with Gasteiger partial charge in [0, 0.05) is 43.5 Å². The van der Waals surface area contributed by atoms with Crippen LogP contribution in [0.4, 0.5) is 26.1 Å². The molecule has 2 N–H and O–H groups in total. The average Bonchev–Trinajstić information content (AvgIpc) is 2.89. The standard InChI is InChI=1S/C26H24F2N8O/c1-15(2)36-22-11-16(10-19(27)25(22)31-14-23(36)37)24-20(28)13-32-26(34-24)33-18-3-4-21(17(9-18)12-29)35-7-5-30-6-8-35/h3-4,9-11,13-15,30H,5-8H2,1-2H3,(H,32,33,34). The Balaban J connectivity index is 1.51. The van der Waals surface area contributed by atoms with Crippen LogP contribution < -0.4 is 21.1 Å². The van der Waals surface area contributed by atoms with E-state index in [1.165, 1.54) is 10.6 Å². The smallest absolute Gasteiger partial charge is 0.269 e. The first-order chi connectivity index (χ1) is 17.9. The van der Waals surface area contributed by atoms with Crippen LogP contribution in [0, 0.1) is 23.0 Å². The second-order valence-electron chi connectivity index (χ2n) is 8.98. The summed E-state index contributed by atoms with van der Waals surface area (Å²) in [6.07, 6.45) is 2.06. The molecule has 3 heterocycles. The largest absolute Gasteiger partial charge is 0.368 e. The molecule has 2 aromatic carbocycles. The number of benzene rings is 2. The lowest BCUT2D eigenvalue weighted by Crippen LogP contribution is -2.43. The number of nitrogens with zero attached hydrogens (tertiary/aromatic N) is 6. The second-order valence-corrected chi connectivity index (χ2v) is 8.98. The molecule has 0 amide bonds. The quantitative estimate of drug-likeness (QED) is 0.425. The Morgan fingerprint density at radius 1 is 1.08 bits per heavy atom. The zero-order valence-electron chi connectivity index (χ0n) is 20.3. The number of rotatable bonds is 5. The number of hydrogen-bond donors (Lipinski definition) is 2. The van der Waals surface area contributed by atoms with E-state index in [1.807, 2.05) is 6.07 Å². The number of nitrogens with one attached hydrogen (secondary N) is 2. The van der Waals surface area contributed by atoms with Gasteiger partial charge in [0.05, 0.1) is 29.2 Å². The van der Waals surface area contributed by atoms with Crippen LogP contribution in [0.2, 0.25) is 0 Å². The molecule has 0 aliphatic carbocycles. The van der Waals surface area contributed by atoms with Crippen molar-refractivity contribution in [2.45, 2.75) is 19.9 Å². The molecular weight excluding hydrogens is 478 g/mol. The van der Waals surface area contributed by atoms with Crippen molar-refractivity contribution < 1.29 is 8.78 Å². The fourth-order valence-electron chi connectivity index (χ4n) is 4.51. The average molecular weight is 503 g/mol. The lowest BCUT2D eigenvalue weighted by atomic mass is 10.1. The Morgan fingerprint density at radius 2 is 1.86 bits per heavy atom. The van der Waals surface area contributed by atoms with Crippen LogP contribution in [0.3, 0.4) is 0 Å². The highest BCUT2D eigenvalue weighted by Gasteiger charge is 2.18. The van der Waals surface area contributed by atoms with Crippen molar-refractivity contribution in [2.75, 3.05) is 36.4 Å². The third-order valence-corrected chi connectivity index (χ3v) is 6.21. The van der Waals surface area contributed by atoms with Crippen LogP contribution in [0.15, 0.2) is 47.5 Å². The Hall–Kier alpha value is -4.43. The molecular formula is C26H24F2N8O. The van der Waals surface area contributed by atoms with E-state index in [0.717, 1.165) is 50.3 Å². The topological polar surface area (TPSA) is 112 Å². The molecule has 5 rings (SSSR count). The monoisotopic (exact) mass is 502 g/mol. The molecule has 37 heavy (non-hydrogen) atoms. The summed E-state index contributed by atoms with van der Waals surface area (Å²) in [6.45, 7) is 6.87. The molecule has 0 saturated carbocycles. The first kappa shape index (κ1) is 24.3. The van der Waals surface area contributed by atoms with Crippen molar-refractivity contribution in [3.05, 3.63) is 70.3 Å². The number of anilines is 3. The predicted molar refractivity (Wildman–Crippen MR) is 137 cm³/mol. The van der Waals surface area contributed by atoms with Gasteiger partial charge in [-0.15, -0.1) is 0 Å². The minimum Gasteiger partial charge on any atom is -0.368 e. The molecule has 0 atom stereocenters. The van der Waals surface area contributed by atoms with Gasteiger partial charge in [0.25, 0.3) is 5.56 Å². The maximum Gasteiger partial charge on any atom is 0.269 e. The molecule has 2 aromatic heterocycles. The Labute approximate surface area is 211 Å². The van der Waals surface area contributed by atoms with Gasteiger partial charge in [0.2, 0.25) is 5.95 Å². The number of piperazine rings is 1.